The van der Waals surface area contributed by atoms with Crippen molar-refractivity contribution in [3.8, 4) is 17.2 Å². The number of nitriles is 1. The first-order valence-electron chi connectivity index (χ1n) is 10.4. The van der Waals surface area contributed by atoms with Crippen LogP contribution in [-0.4, -0.2) is 18.2 Å². The number of anilines is 1. The molecule has 0 atom stereocenters. The maximum Gasteiger partial charge on any atom is 0.263 e. The third-order valence-electron chi connectivity index (χ3n) is 5.05. The molecule has 7 nitrogen and oxygen atoms in total. The van der Waals surface area contributed by atoms with Crippen molar-refractivity contribution in [3.05, 3.63) is 101 Å². The smallest absolute Gasteiger partial charge is 0.263 e. The lowest BCUT2D eigenvalue weighted by atomic mass is 10.1. The van der Waals surface area contributed by atoms with Gasteiger partial charge in [0.15, 0.2) is 5.82 Å². The van der Waals surface area contributed by atoms with Gasteiger partial charge in [0, 0.05) is 5.02 Å². The van der Waals surface area contributed by atoms with E-state index in [1.54, 1.807) is 42.5 Å². The molecule has 0 bridgehead atoms. The molecule has 0 aliphatic heterocycles. The molecule has 0 saturated carbocycles. The van der Waals surface area contributed by atoms with E-state index in [0.717, 1.165) is 5.56 Å². The maximum atomic E-state index is 13.0. The third kappa shape index (κ3) is 5.46. The van der Waals surface area contributed by atoms with Crippen molar-refractivity contribution in [2.45, 2.75) is 24.7 Å². The van der Waals surface area contributed by atoms with Crippen LogP contribution in [0.25, 0.3) is 11.1 Å². The number of aromatic nitrogens is 2. The highest BCUT2D eigenvalue weighted by Gasteiger charge is 2.24. The Morgan fingerprint density at radius 3 is 2.24 bits per heavy atom. The molecule has 4 rings (SSSR count). The Morgan fingerprint density at radius 1 is 0.941 bits per heavy atom. The molecule has 0 spiro atoms. The van der Waals surface area contributed by atoms with Crippen molar-refractivity contribution < 1.29 is 13.2 Å². The zero-order valence-corrected chi connectivity index (χ0v) is 19.6. The van der Waals surface area contributed by atoms with Crippen LogP contribution in [0.3, 0.4) is 0 Å². The quantitative estimate of drug-likeness (QED) is 0.344. The summed E-state index contributed by atoms with van der Waals surface area (Å²) in [6, 6.07) is 26.8. The second kappa shape index (κ2) is 10.5. The maximum absolute atomic E-state index is 13.0. The highest BCUT2D eigenvalue weighted by Crippen LogP contribution is 2.34. The summed E-state index contributed by atoms with van der Waals surface area (Å²) in [4.78, 5) is 0.105. The number of sulfonamides is 1. The summed E-state index contributed by atoms with van der Waals surface area (Å²) < 4.78 is 36.1. The fraction of sp³-hybridized carbons (Fsp3) is 0.120. The number of nitrogens with one attached hydrogen (secondary N) is 1. The molecule has 9 heteroatoms. The molecule has 0 aliphatic rings. The Morgan fingerprint density at radius 2 is 1.59 bits per heavy atom. The van der Waals surface area contributed by atoms with Crippen molar-refractivity contribution in [1.82, 2.24) is 9.78 Å². The molecule has 0 amide bonds. The fourth-order valence-corrected chi connectivity index (χ4v) is 4.61. The predicted molar refractivity (Wildman–Crippen MR) is 130 cm³/mol. The van der Waals surface area contributed by atoms with E-state index in [1.807, 2.05) is 30.3 Å². The summed E-state index contributed by atoms with van der Waals surface area (Å²) >= 11 is 6.07. The van der Waals surface area contributed by atoms with Gasteiger partial charge in [-0.25, -0.2) is 8.42 Å². The molecule has 1 N–H and O–H groups in total. The van der Waals surface area contributed by atoms with Crippen molar-refractivity contribution in [2.75, 3.05) is 4.72 Å². The number of nitrogens with zero attached hydrogens (tertiary/aromatic N) is 3. The zero-order chi connectivity index (χ0) is 24.0. The SMILES string of the molecule is N#CCn1nc(NS(=O)(=O)c2ccccc2)c(-c2ccc(Cl)cc2)c1COCc1ccccc1. The van der Waals surface area contributed by atoms with Gasteiger partial charge in [-0.2, -0.15) is 10.4 Å². The third-order valence-corrected chi connectivity index (χ3v) is 6.65. The molecule has 172 valence electrons. The number of rotatable bonds is 9. The Labute approximate surface area is 203 Å². The van der Waals surface area contributed by atoms with Crippen LogP contribution in [0.4, 0.5) is 5.82 Å². The van der Waals surface area contributed by atoms with Crippen molar-refractivity contribution in [2.24, 2.45) is 0 Å². The standard InChI is InChI=1S/C25H21ClN4O3S/c26-21-13-11-20(12-14-21)24-23(18-33-17-19-7-3-1-4-8-19)30(16-15-27)28-25(24)29-34(31,32)22-9-5-2-6-10-22/h1-14H,16-18H2,(H,28,29). The highest BCUT2D eigenvalue weighted by atomic mass is 35.5. The molecular weight excluding hydrogens is 472 g/mol. The molecule has 34 heavy (non-hydrogen) atoms. The molecule has 1 aromatic heterocycles. The van der Waals surface area contributed by atoms with Crippen LogP contribution < -0.4 is 4.72 Å². The summed E-state index contributed by atoms with van der Waals surface area (Å²) in [5, 5.41) is 14.3. The predicted octanol–water partition coefficient (Wildman–Crippen LogP) is 5.24. The molecule has 0 radical (unpaired) electrons. The van der Waals surface area contributed by atoms with Gasteiger partial charge >= 0.3 is 0 Å². The minimum atomic E-state index is -3.91. The average Bonchev–Trinajstić information content (AvgIpc) is 3.17. The van der Waals surface area contributed by atoms with Gasteiger partial charge in [-0.05, 0) is 35.4 Å². The second-order valence-electron chi connectivity index (χ2n) is 7.39. The van der Waals surface area contributed by atoms with Crippen molar-refractivity contribution in [3.63, 3.8) is 0 Å². The van der Waals surface area contributed by atoms with Gasteiger partial charge in [0.05, 0.1) is 35.4 Å². The van der Waals surface area contributed by atoms with Crippen LogP contribution in [0.5, 0.6) is 0 Å². The van der Waals surface area contributed by atoms with E-state index >= 15 is 0 Å². The molecule has 0 aliphatic carbocycles. The Kier molecular flexibility index (Phi) is 7.28. The monoisotopic (exact) mass is 492 g/mol. The van der Waals surface area contributed by atoms with Crippen LogP contribution in [0, 0.1) is 11.3 Å². The summed E-state index contributed by atoms with van der Waals surface area (Å²) in [6.07, 6.45) is 0. The number of halogens is 1. The summed E-state index contributed by atoms with van der Waals surface area (Å²) in [5.74, 6) is 0.111. The van der Waals surface area contributed by atoms with E-state index < -0.39 is 10.0 Å². The summed E-state index contributed by atoms with van der Waals surface area (Å²) in [7, 11) is -3.91. The van der Waals surface area contributed by atoms with Gasteiger partial charge < -0.3 is 4.74 Å². The molecule has 0 fully saturated rings. The first-order chi connectivity index (χ1) is 16.5. The van der Waals surface area contributed by atoms with Gasteiger partial charge in [-0.15, -0.1) is 0 Å². The number of hydrogen-bond acceptors (Lipinski definition) is 5. The Bertz CT molecular complexity index is 1400. The number of benzene rings is 3. The van der Waals surface area contributed by atoms with E-state index in [1.165, 1.54) is 16.8 Å². The van der Waals surface area contributed by atoms with Gasteiger partial charge in [-0.3, -0.25) is 9.40 Å². The van der Waals surface area contributed by atoms with Crippen molar-refractivity contribution in [1.29, 1.82) is 5.26 Å². The number of hydrogen-bond donors (Lipinski definition) is 1. The first-order valence-corrected chi connectivity index (χ1v) is 12.3. The minimum Gasteiger partial charge on any atom is -0.370 e. The van der Waals surface area contributed by atoms with Crippen LogP contribution >= 0.6 is 11.6 Å². The topological polar surface area (TPSA) is 97.0 Å². The van der Waals surface area contributed by atoms with Crippen LogP contribution in [0.1, 0.15) is 11.3 Å². The van der Waals surface area contributed by atoms with Crippen LogP contribution in [0.15, 0.2) is 89.8 Å². The lowest BCUT2D eigenvalue weighted by molar-refractivity contribution is 0.102. The van der Waals surface area contributed by atoms with Gasteiger partial charge in [0.25, 0.3) is 10.0 Å². The van der Waals surface area contributed by atoms with E-state index in [0.29, 0.717) is 28.5 Å². The van der Waals surface area contributed by atoms with E-state index in [9.17, 15) is 13.7 Å². The lowest BCUT2D eigenvalue weighted by Crippen LogP contribution is -2.14. The van der Waals surface area contributed by atoms with E-state index in [4.69, 9.17) is 16.3 Å². The van der Waals surface area contributed by atoms with Gasteiger partial charge in [-0.1, -0.05) is 72.3 Å². The molecule has 0 unspecified atom stereocenters. The Balaban J connectivity index is 1.75. The Hall–Kier alpha value is -3.64. The van der Waals surface area contributed by atoms with Crippen molar-refractivity contribution >= 4 is 27.4 Å². The van der Waals surface area contributed by atoms with E-state index in [2.05, 4.69) is 15.9 Å². The van der Waals surface area contributed by atoms with E-state index in [-0.39, 0.29) is 23.9 Å². The molecular formula is C25H21ClN4O3S. The van der Waals surface area contributed by atoms with Crippen LogP contribution in [0.2, 0.25) is 5.02 Å². The second-order valence-corrected chi connectivity index (χ2v) is 9.51. The normalized spacial score (nSPS) is 11.2. The molecule has 3 aromatic carbocycles. The molecule has 1 heterocycles. The largest absolute Gasteiger partial charge is 0.370 e. The molecule has 4 aromatic rings. The first kappa shape index (κ1) is 23.5. The fourth-order valence-electron chi connectivity index (χ4n) is 3.46. The lowest BCUT2D eigenvalue weighted by Gasteiger charge is -2.11. The summed E-state index contributed by atoms with van der Waals surface area (Å²) in [5.41, 5.74) is 2.79. The average molecular weight is 493 g/mol. The molecule has 0 saturated heterocycles. The van der Waals surface area contributed by atoms with Gasteiger partial charge in [0.1, 0.15) is 6.54 Å². The minimum absolute atomic E-state index is 0.0717. The van der Waals surface area contributed by atoms with Crippen LogP contribution in [-0.2, 0) is 34.5 Å². The highest BCUT2D eigenvalue weighted by molar-refractivity contribution is 7.92. The van der Waals surface area contributed by atoms with Gasteiger partial charge in [0.2, 0.25) is 0 Å². The zero-order valence-electron chi connectivity index (χ0n) is 18.1. The summed E-state index contributed by atoms with van der Waals surface area (Å²) in [6.45, 7) is 0.399. The number of ether oxygens (including phenoxy) is 1.